The Morgan fingerprint density at radius 1 is 1.17 bits per heavy atom. The molecule has 1 aromatic heterocycles. The van der Waals surface area contributed by atoms with Crippen LogP contribution in [0.4, 0.5) is 0 Å². The van der Waals surface area contributed by atoms with Gasteiger partial charge in [0.2, 0.25) is 0 Å². The lowest BCUT2D eigenvalue weighted by Crippen LogP contribution is -2.31. The second kappa shape index (κ2) is 8.47. The van der Waals surface area contributed by atoms with Gasteiger partial charge in [-0.2, -0.15) is 5.26 Å². The van der Waals surface area contributed by atoms with Gasteiger partial charge in [-0.05, 0) is 35.8 Å². The quantitative estimate of drug-likeness (QED) is 0.400. The fraction of sp³-hybridized carbons (Fsp3) is 0.208. The topological polar surface area (TPSA) is 49.0 Å². The van der Waals surface area contributed by atoms with Gasteiger partial charge >= 0.3 is 0 Å². The fourth-order valence-corrected chi connectivity index (χ4v) is 4.83. The van der Waals surface area contributed by atoms with Crippen LogP contribution >= 0.6 is 24.0 Å². The number of para-hydroxylation sites is 1. The molecule has 1 fully saturated rings. The van der Waals surface area contributed by atoms with Crippen molar-refractivity contribution in [2.45, 2.75) is 20.4 Å². The van der Waals surface area contributed by atoms with Crippen LogP contribution in [0.3, 0.4) is 0 Å². The largest absolute Gasteiger partial charge is 0.342 e. The zero-order chi connectivity index (χ0) is 21.3. The van der Waals surface area contributed by atoms with Gasteiger partial charge in [-0.3, -0.25) is 9.69 Å². The van der Waals surface area contributed by atoms with Crippen LogP contribution in [0.25, 0.3) is 17.0 Å². The molecule has 0 saturated carbocycles. The normalized spacial score (nSPS) is 15.5. The molecule has 150 valence electrons. The maximum atomic E-state index is 12.9. The van der Waals surface area contributed by atoms with Gasteiger partial charge in [-0.25, -0.2) is 0 Å². The lowest BCUT2D eigenvalue weighted by atomic mass is 10.1. The molecule has 0 bridgehead atoms. The van der Waals surface area contributed by atoms with E-state index in [1.807, 2.05) is 42.5 Å². The molecule has 0 radical (unpaired) electrons. The Balaban J connectivity index is 1.69. The second-order valence-corrected chi connectivity index (χ2v) is 9.40. The number of nitriles is 1. The van der Waals surface area contributed by atoms with Gasteiger partial charge in [0.15, 0.2) is 0 Å². The smallest absolute Gasteiger partial charge is 0.266 e. The summed E-state index contributed by atoms with van der Waals surface area (Å²) in [6.07, 6.45) is 4.04. The average Bonchev–Trinajstić information content (AvgIpc) is 3.21. The molecule has 6 heteroatoms. The predicted molar refractivity (Wildman–Crippen MR) is 127 cm³/mol. The first-order valence-electron chi connectivity index (χ1n) is 9.78. The lowest BCUT2D eigenvalue weighted by Gasteiger charge is -2.16. The van der Waals surface area contributed by atoms with Gasteiger partial charge in [-0.1, -0.05) is 68.2 Å². The van der Waals surface area contributed by atoms with E-state index >= 15 is 0 Å². The summed E-state index contributed by atoms with van der Waals surface area (Å²) >= 11 is 6.81. The summed E-state index contributed by atoms with van der Waals surface area (Å²) in [7, 11) is 0. The third-order valence-electron chi connectivity index (χ3n) is 4.96. The van der Waals surface area contributed by atoms with Crippen molar-refractivity contribution in [2.24, 2.45) is 5.92 Å². The van der Waals surface area contributed by atoms with E-state index < -0.39 is 0 Å². The van der Waals surface area contributed by atoms with Crippen LogP contribution in [0.15, 0.2) is 59.6 Å². The van der Waals surface area contributed by atoms with Crippen molar-refractivity contribution in [2.75, 3.05) is 6.54 Å². The molecule has 2 aromatic carbocycles. The Labute approximate surface area is 185 Å². The third-order valence-corrected chi connectivity index (χ3v) is 6.34. The fourth-order valence-electron chi connectivity index (χ4n) is 3.57. The number of nitrogens with zero attached hydrogens (tertiary/aromatic N) is 3. The van der Waals surface area contributed by atoms with Crippen LogP contribution in [-0.4, -0.2) is 26.2 Å². The van der Waals surface area contributed by atoms with Gasteiger partial charge in [0, 0.05) is 35.8 Å². The van der Waals surface area contributed by atoms with Crippen molar-refractivity contribution in [1.29, 1.82) is 5.26 Å². The summed E-state index contributed by atoms with van der Waals surface area (Å²) in [6, 6.07) is 18.0. The van der Waals surface area contributed by atoms with E-state index in [2.05, 4.69) is 42.8 Å². The molecular weight excluding hydrogens is 410 g/mol. The summed E-state index contributed by atoms with van der Waals surface area (Å²) in [5.74, 6) is 0.351. The van der Waals surface area contributed by atoms with Gasteiger partial charge in [0.25, 0.3) is 5.91 Å². The van der Waals surface area contributed by atoms with Gasteiger partial charge in [-0.15, -0.1) is 0 Å². The Morgan fingerprint density at radius 3 is 2.60 bits per heavy atom. The van der Waals surface area contributed by atoms with Crippen molar-refractivity contribution in [3.63, 3.8) is 0 Å². The standard InChI is InChI=1S/C24H21N3OS2/c1-16(2)13-27-23(28)22(30-24(27)29)11-19-15-26(21-6-4-3-5-20(19)21)14-18-9-7-17(12-25)8-10-18/h3-11,15-16H,13-14H2,1-2H3/b22-11-. The van der Waals surface area contributed by atoms with E-state index in [4.69, 9.17) is 17.5 Å². The first kappa shape index (κ1) is 20.4. The highest BCUT2D eigenvalue weighted by Gasteiger charge is 2.32. The molecule has 4 rings (SSSR count). The highest BCUT2D eigenvalue weighted by molar-refractivity contribution is 8.26. The Hall–Kier alpha value is -2.88. The SMILES string of the molecule is CC(C)CN1C(=O)/C(=C/c2cn(Cc3ccc(C#N)cc3)c3ccccc23)SC1=S. The van der Waals surface area contributed by atoms with Gasteiger partial charge < -0.3 is 4.57 Å². The number of carbonyl (C=O) groups is 1. The summed E-state index contributed by atoms with van der Waals surface area (Å²) in [5.41, 5.74) is 3.87. The van der Waals surface area contributed by atoms with E-state index in [1.54, 1.807) is 4.90 Å². The molecule has 0 unspecified atom stereocenters. The molecule has 3 aromatic rings. The van der Waals surface area contributed by atoms with Crippen LogP contribution in [0.5, 0.6) is 0 Å². The minimum Gasteiger partial charge on any atom is -0.342 e. The summed E-state index contributed by atoms with van der Waals surface area (Å²) in [6.45, 7) is 5.49. The van der Waals surface area contributed by atoms with Crippen molar-refractivity contribution in [1.82, 2.24) is 9.47 Å². The van der Waals surface area contributed by atoms with Crippen molar-refractivity contribution in [3.8, 4) is 6.07 Å². The van der Waals surface area contributed by atoms with Crippen molar-refractivity contribution in [3.05, 3.63) is 76.3 Å². The molecule has 1 amide bonds. The van der Waals surface area contributed by atoms with E-state index in [9.17, 15) is 4.79 Å². The minimum atomic E-state index is -0.0115. The predicted octanol–water partition coefficient (Wildman–Crippen LogP) is 5.42. The number of amides is 1. The number of benzene rings is 2. The Bertz CT molecular complexity index is 1200. The Morgan fingerprint density at radius 2 is 1.90 bits per heavy atom. The van der Waals surface area contributed by atoms with Crippen molar-refractivity contribution >= 4 is 51.2 Å². The zero-order valence-electron chi connectivity index (χ0n) is 16.8. The molecule has 0 spiro atoms. The highest BCUT2D eigenvalue weighted by Crippen LogP contribution is 2.35. The summed E-state index contributed by atoms with van der Waals surface area (Å²) < 4.78 is 2.80. The second-order valence-electron chi connectivity index (χ2n) is 7.72. The molecule has 0 atom stereocenters. The van der Waals surface area contributed by atoms with Crippen LogP contribution in [0, 0.1) is 17.2 Å². The number of fused-ring (bicyclic) bond motifs is 1. The maximum absolute atomic E-state index is 12.9. The van der Waals surface area contributed by atoms with E-state index in [0.717, 1.165) is 22.0 Å². The first-order valence-corrected chi connectivity index (χ1v) is 11.0. The molecular formula is C24H21N3OS2. The molecule has 1 saturated heterocycles. The number of aromatic nitrogens is 1. The van der Waals surface area contributed by atoms with Gasteiger partial charge in [0.05, 0.1) is 16.5 Å². The first-order chi connectivity index (χ1) is 14.5. The molecule has 1 aliphatic heterocycles. The maximum Gasteiger partial charge on any atom is 0.266 e. The van der Waals surface area contributed by atoms with E-state index in [0.29, 0.717) is 33.8 Å². The monoisotopic (exact) mass is 431 g/mol. The number of hydrogen-bond donors (Lipinski definition) is 0. The number of hydrogen-bond acceptors (Lipinski definition) is 4. The van der Waals surface area contributed by atoms with Gasteiger partial charge in [0.1, 0.15) is 4.32 Å². The molecule has 2 heterocycles. The van der Waals surface area contributed by atoms with Crippen LogP contribution < -0.4 is 0 Å². The molecule has 4 nitrogen and oxygen atoms in total. The molecule has 30 heavy (non-hydrogen) atoms. The summed E-state index contributed by atoms with van der Waals surface area (Å²) in [4.78, 5) is 15.2. The highest BCUT2D eigenvalue weighted by atomic mass is 32.2. The number of thioether (sulfide) groups is 1. The minimum absolute atomic E-state index is 0.0115. The summed E-state index contributed by atoms with van der Waals surface area (Å²) in [5, 5.41) is 10.1. The van der Waals surface area contributed by atoms with E-state index in [1.165, 1.54) is 11.8 Å². The van der Waals surface area contributed by atoms with Crippen LogP contribution in [-0.2, 0) is 11.3 Å². The average molecular weight is 432 g/mol. The van der Waals surface area contributed by atoms with Crippen LogP contribution in [0.2, 0.25) is 0 Å². The molecule has 1 aliphatic rings. The number of carbonyl (C=O) groups excluding carboxylic acids is 1. The molecule has 0 aliphatic carbocycles. The number of rotatable bonds is 5. The molecule has 0 N–H and O–H groups in total. The van der Waals surface area contributed by atoms with E-state index in [-0.39, 0.29) is 5.91 Å². The Kier molecular flexibility index (Phi) is 5.76. The number of thiocarbonyl (C=S) groups is 1. The van der Waals surface area contributed by atoms with Crippen molar-refractivity contribution < 1.29 is 4.79 Å². The van der Waals surface area contributed by atoms with Crippen LogP contribution in [0.1, 0.15) is 30.5 Å². The zero-order valence-corrected chi connectivity index (χ0v) is 18.5. The third kappa shape index (κ3) is 4.04. The lowest BCUT2D eigenvalue weighted by molar-refractivity contribution is -0.122.